The van der Waals surface area contributed by atoms with Crippen molar-refractivity contribution in [3.63, 3.8) is 0 Å². The number of likely N-dealkylation sites (N-methyl/N-ethyl adjacent to an activating group) is 1. The molecule has 27 heavy (non-hydrogen) atoms. The van der Waals surface area contributed by atoms with Crippen LogP contribution >= 0.6 is 0 Å². The molecule has 3 aromatic heterocycles. The smallest absolute Gasteiger partial charge is 0.280 e. The van der Waals surface area contributed by atoms with E-state index < -0.39 is 0 Å². The summed E-state index contributed by atoms with van der Waals surface area (Å²) in [7, 11) is 2.06. The third kappa shape index (κ3) is 2.49. The van der Waals surface area contributed by atoms with E-state index in [1.54, 1.807) is 18.5 Å². The van der Waals surface area contributed by atoms with Crippen LogP contribution in [0.5, 0.6) is 0 Å². The molecule has 0 amide bonds. The van der Waals surface area contributed by atoms with Gasteiger partial charge in [0.05, 0.1) is 11.6 Å². The lowest BCUT2D eigenvalue weighted by molar-refractivity contribution is 0.794. The third-order valence-electron chi connectivity index (χ3n) is 5.06. The molecule has 0 atom stereocenters. The number of hydrogen-bond donors (Lipinski definition) is 0. The number of hydrogen-bond acceptors (Lipinski definition) is 5. The van der Waals surface area contributed by atoms with Crippen LogP contribution in [0.2, 0.25) is 0 Å². The van der Waals surface area contributed by atoms with Gasteiger partial charge in [-0.25, -0.2) is 9.97 Å². The molecule has 0 spiro atoms. The predicted molar refractivity (Wildman–Crippen MR) is 105 cm³/mol. The zero-order chi connectivity index (χ0) is 18.4. The van der Waals surface area contributed by atoms with Crippen LogP contribution in [0.25, 0.3) is 27.7 Å². The third-order valence-corrected chi connectivity index (χ3v) is 5.06. The molecule has 0 radical (unpaired) electrons. The zero-order valence-corrected chi connectivity index (χ0v) is 14.8. The topological polar surface area (TPSA) is 63.9 Å². The van der Waals surface area contributed by atoms with Gasteiger partial charge in [-0.05, 0) is 47.9 Å². The molecular formula is C21H17N5O. The van der Waals surface area contributed by atoms with Crippen molar-refractivity contribution >= 4 is 16.6 Å². The van der Waals surface area contributed by atoms with Crippen molar-refractivity contribution in [3.8, 4) is 16.9 Å². The number of pyridine rings is 2. The molecule has 132 valence electrons. The summed E-state index contributed by atoms with van der Waals surface area (Å²) >= 11 is 0. The predicted octanol–water partition coefficient (Wildman–Crippen LogP) is 2.84. The molecule has 0 fully saturated rings. The SMILES string of the molecule is CN1CCc2c(-c3ccc4c(=O)n(-c5ccccn5)ncc4c3)ccnc21. The summed E-state index contributed by atoms with van der Waals surface area (Å²) < 4.78 is 1.33. The molecule has 1 aliphatic heterocycles. The molecule has 0 bridgehead atoms. The monoisotopic (exact) mass is 355 g/mol. The van der Waals surface area contributed by atoms with Crippen molar-refractivity contribution in [2.45, 2.75) is 6.42 Å². The van der Waals surface area contributed by atoms with E-state index in [9.17, 15) is 4.79 Å². The van der Waals surface area contributed by atoms with Crippen LogP contribution in [0, 0.1) is 0 Å². The van der Waals surface area contributed by atoms with Crippen molar-refractivity contribution in [1.82, 2.24) is 19.7 Å². The fraction of sp³-hybridized carbons (Fsp3) is 0.143. The Morgan fingerprint density at radius 3 is 2.81 bits per heavy atom. The average Bonchev–Trinajstić information content (AvgIpc) is 3.10. The Bertz CT molecular complexity index is 1220. The van der Waals surface area contributed by atoms with Crippen LogP contribution in [-0.2, 0) is 6.42 Å². The first-order chi connectivity index (χ1) is 13.2. The highest BCUT2D eigenvalue weighted by atomic mass is 16.1. The highest BCUT2D eigenvalue weighted by Gasteiger charge is 2.21. The lowest BCUT2D eigenvalue weighted by atomic mass is 9.98. The largest absolute Gasteiger partial charge is 0.359 e. The van der Waals surface area contributed by atoms with Crippen LogP contribution < -0.4 is 10.5 Å². The Hall–Kier alpha value is -3.54. The van der Waals surface area contributed by atoms with Crippen LogP contribution in [0.3, 0.4) is 0 Å². The van der Waals surface area contributed by atoms with Gasteiger partial charge >= 0.3 is 0 Å². The van der Waals surface area contributed by atoms with Gasteiger partial charge in [0.2, 0.25) is 0 Å². The van der Waals surface area contributed by atoms with Gasteiger partial charge in [0.25, 0.3) is 5.56 Å². The summed E-state index contributed by atoms with van der Waals surface area (Å²) in [5.41, 5.74) is 3.33. The quantitative estimate of drug-likeness (QED) is 0.553. The van der Waals surface area contributed by atoms with E-state index >= 15 is 0 Å². The normalized spacial score (nSPS) is 13.1. The highest BCUT2D eigenvalue weighted by Crippen LogP contribution is 2.34. The molecule has 0 saturated carbocycles. The summed E-state index contributed by atoms with van der Waals surface area (Å²) in [6.07, 6.45) is 6.20. The molecule has 6 nitrogen and oxygen atoms in total. The van der Waals surface area contributed by atoms with E-state index in [-0.39, 0.29) is 5.56 Å². The molecule has 4 heterocycles. The standard InChI is InChI=1S/C21H17N5O/c1-25-11-8-18-16(7-10-23-20(18)25)14-5-6-17-15(12-14)13-24-26(21(17)27)19-4-2-3-9-22-19/h2-7,9-10,12-13H,8,11H2,1H3. The van der Waals surface area contributed by atoms with E-state index in [0.717, 1.165) is 29.7 Å². The Morgan fingerprint density at radius 2 is 1.96 bits per heavy atom. The fourth-order valence-electron chi connectivity index (χ4n) is 3.67. The minimum atomic E-state index is -0.169. The summed E-state index contributed by atoms with van der Waals surface area (Å²) in [4.78, 5) is 23.7. The Balaban J connectivity index is 1.65. The van der Waals surface area contributed by atoms with E-state index in [1.165, 1.54) is 15.8 Å². The molecule has 0 aliphatic carbocycles. The first kappa shape index (κ1) is 15.7. The van der Waals surface area contributed by atoms with Crippen LogP contribution in [0.1, 0.15) is 5.56 Å². The Labute approximate surface area is 155 Å². The molecule has 0 saturated heterocycles. The van der Waals surface area contributed by atoms with Gasteiger partial charge in [0, 0.05) is 36.9 Å². The molecule has 5 rings (SSSR count). The lowest BCUT2D eigenvalue weighted by Crippen LogP contribution is -2.21. The Morgan fingerprint density at radius 1 is 1.04 bits per heavy atom. The fourth-order valence-corrected chi connectivity index (χ4v) is 3.67. The molecular weight excluding hydrogens is 338 g/mol. The van der Waals surface area contributed by atoms with Gasteiger partial charge in [-0.1, -0.05) is 12.1 Å². The van der Waals surface area contributed by atoms with E-state index in [1.807, 2.05) is 42.6 Å². The number of anilines is 1. The van der Waals surface area contributed by atoms with Crippen molar-refractivity contribution in [3.05, 3.63) is 77.0 Å². The number of fused-ring (bicyclic) bond motifs is 2. The van der Waals surface area contributed by atoms with Crippen LogP contribution in [0.4, 0.5) is 5.82 Å². The molecule has 0 unspecified atom stereocenters. The van der Waals surface area contributed by atoms with Gasteiger partial charge in [-0.2, -0.15) is 9.78 Å². The maximum absolute atomic E-state index is 12.9. The number of nitrogens with zero attached hydrogens (tertiary/aromatic N) is 5. The van der Waals surface area contributed by atoms with Gasteiger partial charge in [0.1, 0.15) is 5.82 Å². The number of benzene rings is 1. The minimum Gasteiger partial charge on any atom is -0.359 e. The maximum Gasteiger partial charge on any atom is 0.280 e. The lowest BCUT2D eigenvalue weighted by Gasteiger charge is -2.12. The van der Waals surface area contributed by atoms with Gasteiger partial charge < -0.3 is 4.90 Å². The molecule has 6 heteroatoms. The molecule has 4 aromatic rings. The van der Waals surface area contributed by atoms with Gasteiger partial charge in [0.15, 0.2) is 5.82 Å². The van der Waals surface area contributed by atoms with Gasteiger partial charge in [-0.15, -0.1) is 0 Å². The van der Waals surface area contributed by atoms with Gasteiger partial charge in [-0.3, -0.25) is 4.79 Å². The Kier molecular flexibility index (Phi) is 3.50. The second kappa shape index (κ2) is 6.02. The first-order valence-corrected chi connectivity index (χ1v) is 8.85. The second-order valence-electron chi connectivity index (χ2n) is 6.68. The first-order valence-electron chi connectivity index (χ1n) is 8.85. The molecule has 1 aliphatic rings. The van der Waals surface area contributed by atoms with E-state index in [0.29, 0.717) is 11.2 Å². The van der Waals surface area contributed by atoms with Crippen LogP contribution in [-0.4, -0.2) is 33.3 Å². The van der Waals surface area contributed by atoms with E-state index in [4.69, 9.17) is 0 Å². The second-order valence-corrected chi connectivity index (χ2v) is 6.68. The van der Waals surface area contributed by atoms with Crippen molar-refractivity contribution in [1.29, 1.82) is 0 Å². The maximum atomic E-state index is 12.9. The highest BCUT2D eigenvalue weighted by molar-refractivity contribution is 5.87. The van der Waals surface area contributed by atoms with Crippen molar-refractivity contribution < 1.29 is 0 Å². The minimum absolute atomic E-state index is 0.169. The molecule has 1 aromatic carbocycles. The summed E-state index contributed by atoms with van der Waals surface area (Å²) in [6.45, 7) is 0.975. The zero-order valence-electron chi connectivity index (χ0n) is 14.8. The van der Waals surface area contributed by atoms with Crippen LogP contribution in [0.15, 0.2) is 65.8 Å². The number of rotatable bonds is 2. The van der Waals surface area contributed by atoms with E-state index in [2.05, 4.69) is 27.0 Å². The molecule has 0 N–H and O–H groups in total. The summed E-state index contributed by atoms with van der Waals surface area (Å²) in [5.74, 6) is 1.56. The summed E-state index contributed by atoms with van der Waals surface area (Å²) in [5, 5.41) is 5.77. The average molecular weight is 355 g/mol. The van der Waals surface area contributed by atoms with Crippen molar-refractivity contribution in [2.75, 3.05) is 18.5 Å². The van der Waals surface area contributed by atoms with Crippen molar-refractivity contribution in [2.24, 2.45) is 0 Å². The summed E-state index contributed by atoms with van der Waals surface area (Å²) in [6, 6.07) is 13.4. The number of aromatic nitrogens is 4.